The zero-order valence-corrected chi connectivity index (χ0v) is 10.5. The van der Waals surface area contributed by atoms with Gasteiger partial charge < -0.3 is 0 Å². The van der Waals surface area contributed by atoms with Crippen LogP contribution in [0, 0.1) is 5.92 Å². The average Bonchev–Trinajstić information content (AvgIpc) is 2.09. The Morgan fingerprint density at radius 2 is 2.00 bits per heavy atom. The first-order valence-electron chi connectivity index (χ1n) is 4.98. The van der Waals surface area contributed by atoms with Gasteiger partial charge in [-0.15, -0.1) is 11.6 Å². The molecule has 3 nitrogen and oxygen atoms in total. The molecule has 1 aliphatic heterocycles. The Morgan fingerprint density at radius 1 is 1.43 bits per heavy atom. The van der Waals surface area contributed by atoms with E-state index in [1.54, 1.807) is 13.8 Å². The van der Waals surface area contributed by atoms with Crippen molar-refractivity contribution >= 4 is 21.6 Å². The van der Waals surface area contributed by atoms with E-state index in [0.29, 0.717) is 19.0 Å². The van der Waals surface area contributed by atoms with Crippen molar-refractivity contribution in [2.45, 2.75) is 37.8 Å². The molecule has 1 heterocycles. The molecule has 0 aromatic carbocycles. The Kier molecular flexibility index (Phi) is 3.83. The summed E-state index contributed by atoms with van der Waals surface area (Å²) in [6.07, 6.45) is 0.861. The molecular formula is C9H18ClNO2S. The zero-order chi connectivity index (χ0) is 10.9. The normalized spacial score (nSPS) is 30.9. The highest BCUT2D eigenvalue weighted by Gasteiger charge is 2.33. The van der Waals surface area contributed by atoms with Gasteiger partial charge in [-0.3, -0.25) is 0 Å². The summed E-state index contributed by atoms with van der Waals surface area (Å²) in [6, 6.07) is 0. The van der Waals surface area contributed by atoms with Gasteiger partial charge in [-0.25, -0.2) is 12.7 Å². The Labute approximate surface area is 91.5 Å². The molecule has 14 heavy (non-hydrogen) atoms. The van der Waals surface area contributed by atoms with Crippen molar-refractivity contribution in [2.24, 2.45) is 5.92 Å². The molecule has 0 aromatic heterocycles. The molecule has 84 valence electrons. The van der Waals surface area contributed by atoms with Crippen LogP contribution in [-0.4, -0.2) is 36.4 Å². The highest BCUT2D eigenvalue weighted by Crippen LogP contribution is 2.24. The fourth-order valence-corrected chi connectivity index (χ4v) is 3.22. The van der Waals surface area contributed by atoms with E-state index in [-0.39, 0.29) is 10.6 Å². The van der Waals surface area contributed by atoms with E-state index in [1.165, 1.54) is 4.31 Å². The Balaban J connectivity index is 2.73. The lowest BCUT2D eigenvalue weighted by Crippen LogP contribution is -2.46. The second-order valence-corrected chi connectivity index (χ2v) is 7.28. The van der Waals surface area contributed by atoms with Gasteiger partial charge in [0.2, 0.25) is 10.0 Å². The lowest BCUT2D eigenvalue weighted by atomic mass is 10.0. The minimum Gasteiger partial charge on any atom is -0.212 e. The van der Waals surface area contributed by atoms with Crippen LogP contribution in [0.2, 0.25) is 0 Å². The summed E-state index contributed by atoms with van der Waals surface area (Å²) < 4.78 is 25.1. The van der Waals surface area contributed by atoms with Gasteiger partial charge in [0.25, 0.3) is 0 Å². The monoisotopic (exact) mass is 239 g/mol. The molecule has 2 unspecified atom stereocenters. The van der Waals surface area contributed by atoms with Crippen molar-refractivity contribution in [1.82, 2.24) is 4.31 Å². The summed E-state index contributed by atoms with van der Waals surface area (Å²) in [7, 11) is -3.11. The summed E-state index contributed by atoms with van der Waals surface area (Å²) in [5, 5.41) is -0.392. The highest BCUT2D eigenvalue weighted by atomic mass is 35.5. The van der Waals surface area contributed by atoms with Gasteiger partial charge in [0.05, 0.1) is 5.25 Å². The quantitative estimate of drug-likeness (QED) is 0.688. The zero-order valence-electron chi connectivity index (χ0n) is 8.90. The summed E-state index contributed by atoms with van der Waals surface area (Å²) in [5.41, 5.74) is 0. The van der Waals surface area contributed by atoms with Crippen molar-refractivity contribution in [3.05, 3.63) is 0 Å². The summed E-state index contributed by atoms with van der Waals surface area (Å²) >= 11 is 6.07. The van der Waals surface area contributed by atoms with Crippen molar-refractivity contribution < 1.29 is 8.42 Å². The van der Waals surface area contributed by atoms with Crippen LogP contribution < -0.4 is 0 Å². The molecule has 1 rings (SSSR count). The smallest absolute Gasteiger partial charge is 0.212 e. The second-order valence-electron chi connectivity index (χ2n) is 4.23. The molecule has 1 saturated heterocycles. The fourth-order valence-electron chi connectivity index (χ4n) is 1.52. The SMILES string of the molecule is CC1CCN(S(=O)(=O)C(C)C)CC1Cl. The second kappa shape index (κ2) is 4.37. The number of piperidine rings is 1. The first kappa shape index (κ1) is 12.3. The van der Waals surface area contributed by atoms with Gasteiger partial charge in [-0.05, 0) is 26.2 Å². The Bertz CT molecular complexity index is 289. The third-order valence-corrected chi connectivity index (χ3v) is 5.60. The van der Waals surface area contributed by atoms with E-state index >= 15 is 0 Å². The molecule has 0 amide bonds. The maximum Gasteiger partial charge on any atom is 0.216 e. The van der Waals surface area contributed by atoms with Gasteiger partial charge in [0, 0.05) is 18.5 Å². The number of halogens is 1. The molecule has 0 spiro atoms. The van der Waals surface area contributed by atoms with Gasteiger partial charge in [-0.1, -0.05) is 6.92 Å². The van der Waals surface area contributed by atoms with Gasteiger partial charge in [0.15, 0.2) is 0 Å². The third kappa shape index (κ3) is 2.41. The largest absolute Gasteiger partial charge is 0.216 e. The fraction of sp³-hybridized carbons (Fsp3) is 1.00. The molecular weight excluding hydrogens is 222 g/mol. The van der Waals surface area contributed by atoms with Crippen LogP contribution in [0.1, 0.15) is 27.2 Å². The lowest BCUT2D eigenvalue weighted by molar-refractivity contribution is 0.291. The number of sulfonamides is 1. The van der Waals surface area contributed by atoms with Gasteiger partial charge in [0.1, 0.15) is 0 Å². The summed E-state index contributed by atoms with van der Waals surface area (Å²) in [5.74, 6) is 0.412. The van der Waals surface area contributed by atoms with Crippen LogP contribution in [0.15, 0.2) is 0 Å². The molecule has 0 bridgehead atoms. The third-order valence-electron chi connectivity index (χ3n) is 2.78. The van der Waals surface area contributed by atoms with Crippen molar-refractivity contribution in [1.29, 1.82) is 0 Å². The Hall–Kier alpha value is 0.200. The standard InChI is InChI=1S/C9H18ClNO2S/c1-7(2)14(12,13)11-5-4-8(3)9(10)6-11/h7-9H,4-6H2,1-3H3. The van der Waals surface area contributed by atoms with Crippen LogP contribution >= 0.6 is 11.6 Å². The maximum atomic E-state index is 11.8. The highest BCUT2D eigenvalue weighted by molar-refractivity contribution is 7.89. The molecule has 1 aliphatic rings. The minimum atomic E-state index is -3.11. The minimum absolute atomic E-state index is 0.0442. The van der Waals surface area contributed by atoms with Crippen LogP contribution in [-0.2, 0) is 10.0 Å². The molecule has 0 N–H and O–H groups in total. The molecule has 2 atom stereocenters. The number of alkyl halides is 1. The van der Waals surface area contributed by atoms with Crippen molar-refractivity contribution in [3.63, 3.8) is 0 Å². The van der Waals surface area contributed by atoms with E-state index in [1.807, 2.05) is 0 Å². The first-order chi connectivity index (χ1) is 6.35. The molecule has 0 aliphatic carbocycles. The lowest BCUT2D eigenvalue weighted by Gasteiger charge is -2.34. The maximum absolute atomic E-state index is 11.8. The number of hydrogen-bond donors (Lipinski definition) is 0. The number of rotatable bonds is 2. The predicted octanol–water partition coefficient (Wildman–Crippen LogP) is 1.67. The average molecular weight is 240 g/mol. The summed E-state index contributed by atoms with van der Waals surface area (Å²) in [4.78, 5) is 0. The predicted molar refractivity (Wildman–Crippen MR) is 59.1 cm³/mol. The Morgan fingerprint density at radius 3 is 2.43 bits per heavy atom. The van der Waals surface area contributed by atoms with E-state index in [9.17, 15) is 8.42 Å². The van der Waals surface area contributed by atoms with Gasteiger partial charge in [-0.2, -0.15) is 0 Å². The van der Waals surface area contributed by atoms with Crippen LogP contribution in [0.3, 0.4) is 0 Å². The van der Waals surface area contributed by atoms with Crippen LogP contribution in [0.25, 0.3) is 0 Å². The molecule has 0 radical (unpaired) electrons. The van der Waals surface area contributed by atoms with E-state index < -0.39 is 10.0 Å². The molecule has 1 fully saturated rings. The van der Waals surface area contributed by atoms with E-state index in [4.69, 9.17) is 11.6 Å². The first-order valence-corrected chi connectivity index (χ1v) is 6.92. The number of hydrogen-bond acceptors (Lipinski definition) is 2. The van der Waals surface area contributed by atoms with Crippen molar-refractivity contribution in [3.8, 4) is 0 Å². The summed E-state index contributed by atoms with van der Waals surface area (Å²) in [6.45, 7) is 6.55. The van der Waals surface area contributed by atoms with E-state index in [2.05, 4.69) is 6.92 Å². The topological polar surface area (TPSA) is 37.4 Å². The van der Waals surface area contributed by atoms with Crippen molar-refractivity contribution in [2.75, 3.05) is 13.1 Å². The molecule has 5 heteroatoms. The molecule has 0 aromatic rings. The number of nitrogens with zero attached hydrogens (tertiary/aromatic N) is 1. The molecule has 0 saturated carbocycles. The van der Waals surface area contributed by atoms with Gasteiger partial charge >= 0.3 is 0 Å². The van der Waals surface area contributed by atoms with E-state index in [0.717, 1.165) is 6.42 Å². The van der Waals surface area contributed by atoms with Crippen LogP contribution in [0.4, 0.5) is 0 Å². The van der Waals surface area contributed by atoms with Crippen LogP contribution in [0.5, 0.6) is 0 Å².